The Morgan fingerprint density at radius 1 is 1.50 bits per heavy atom. The molecule has 0 aliphatic heterocycles. The van der Waals surface area contributed by atoms with Gasteiger partial charge in [-0.25, -0.2) is 0 Å². The molecule has 0 heterocycles. The predicted octanol–water partition coefficient (Wildman–Crippen LogP) is 3.99. The van der Waals surface area contributed by atoms with Crippen LogP contribution in [0.5, 0.6) is 0 Å². The van der Waals surface area contributed by atoms with Crippen molar-refractivity contribution in [2.75, 3.05) is 6.61 Å². The van der Waals surface area contributed by atoms with Crippen LogP contribution < -0.4 is 0 Å². The largest absolute Gasteiger partial charge is 0.392 e. The van der Waals surface area contributed by atoms with Crippen LogP contribution in [-0.4, -0.2) is 19.8 Å². The first-order chi connectivity index (χ1) is 7.40. The zero-order chi connectivity index (χ0) is 12.2. The Hall–Kier alpha value is -0.343. The lowest BCUT2D eigenvalue weighted by Gasteiger charge is -2.20. The van der Waals surface area contributed by atoms with Crippen LogP contribution in [-0.2, 0) is 0 Å². The van der Waals surface area contributed by atoms with Gasteiger partial charge in [-0.2, -0.15) is 0 Å². The van der Waals surface area contributed by atoms with Gasteiger partial charge < -0.3 is 5.11 Å². The highest BCUT2D eigenvalue weighted by molar-refractivity contribution is 6.76. The second-order valence-corrected chi connectivity index (χ2v) is 11.8. The van der Waals surface area contributed by atoms with Gasteiger partial charge >= 0.3 is 0 Å². The molecule has 0 aromatic rings. The molecular formula is C14H26OSi. The van der Waals surface area contributed by atoms with Gasteiger partial charge in [0.15, 0.2) is 0 Å². The highest BCUT2D eigenvalue weighted by Gasteiger charge is 2.16. The first kappa shape index (κ1) is 13.7. The number of allylic oxidation sites excluding steroid dienone is 3. The predicted molar refractivity (Wildman–Crippen MR) is 74.4 cm³/mol. The molecule has 2 heteroatoms. The molecule has 1 aliphatic carbocycles. The molecule has 1 atom stereocenters. The highest BCUT2D eigenvalue weighted by Crippen LogP contribution is 2.26. The average molecular weight is 238 g/mol. The molecule has 1 rings (SSSR count). The van der Waals surface area contributed by atoms with Gasteiger partial charge in [0.1, 0.15) is 0 Å². The van der Waals surface area contributed by atoms with E-state index >= 15 is 0 Å². The second kappa shape index (κ2) is 5.83. The van der Waals surface area contributed by atoms with Crippen molar-refractivity contribution in [3.8, 4) is 0 Å². The Morgan fingerprint density at radius 3 is 2.62 bits per heavy atom. The maximum absolute atomic E-state index is 9.40. The molecule has 0 aromatic heterocycles. The van der Waals surface area contributed by atoms with Gasteiger partial charge in [0.05, 0.1) is 6.61 Å². The van der Waals surface area contributed by atoms with Crippen molar-refractivity contribution in [3.05, 3.63) is 23.3 Å². The van der Waals surface area contributed by atoms with E-state index in [1.54, 1.807) is 0 Å². The van der Waals surface area contributed by atoms with Crippen LogP contribution in [0.2, 0.25) is 25.7 Å². The van der Waals surface area contributed by atoms with E-state index in [2.05, 4.69) is 38.7 Å². The molecule has 1 unspecified atom stereocenters. The summed E-state index contributed by atoms with van der Waals surface area (Å²) < 4.78 is 0. The molecule has 0 bridgehead atoms. The van der Waals surface area contributed by atoms with Crippen molar-refractivity contribution < 1.29 is 5.11 Å². The summed E-state index contributed by atoms with van der Waals surface area (Å²) in [4.78, 5) is 0. The van der Waals surface area contributed by atoms with Crippen molar-refractivity contribution >= 4 is 8.07 Å². The van der Waals surface area contributed by atoms with Crippen molar-refractivity contribution in [3.63, 3.8) is 0 Å². The van der Waals surface area contributed by atoms with E-state index in [1.165, 1.54) is 30.4 Å². The summed E-state index contributed by atoms with van der Waals surface area (Å²) >= 11 is 0. The van der Waals surface area contributed by atoms with Crippen LogP contribution in [0.3, 0.4) is 0 Å². The Labute approximate surface area is 101 Å². The summed E-state index contributed by atoms with van der Waals surface area (Å²) in [6, 6.07) is 1.12. The zero-order valence-corrected chi connectivity index (χ0v) is 12.2. The molecule has 16 heavy (non-hydrogen) atoms. The third kappa shape index (κ3) is 5.13. The Balaban J connectivity index is 2.65. The van der Waals surface area contributed by atoms with Crippen molar-refractivity contribution in [2.45, 2.75) is 51.9 Å². The third-order valence-corrected chi connectivity index (χ3v) is 4.57. The molecule has 1 N–H and O–H groups in total. The quantitative estimate of drug-likeness (QED) is 0.734. The topological polar surface area (TPSA) is 20.2 Å². The van der Waals surface area contributed by atoms with Crippen molar-refractivity contribution in [1.82, 2.24) is 0 Å². The lowest BCUT2D eigenvalue weighted by atomic mass is 9.90. The summed E-state index contributed by atoms with van der Waals surface area (Å²) in [5.74, 6) is 0.840. The minimum atomic E-state index is -1.09. The van der Waals surface area contributed by atoms with Gasteiger partial charge in [0.2, 0.25) is 0 Å². The summed E-state index contributed by atoms with van der Waals surface area (Å²) in [5, 5.41) is 9.40. The van der Waals surface area contributed by atoms with Gasteiger partial charge in [-0.05, 0) is 36.8 Å². The molecule has 0 amide bonds. The molecule has 1 aliphatic rings. The van der Waals surface area contributed by atoms with Gasteiger partial charge in [-0.3, -0.25) is 0 Å². The lowest BCUT2D eigenvalue weighted by Crippen LogP contribution is -2.21. The molecule has 0 spiro atoms. The van der Waals surface area contributed by atoms with Gasteiger partial charge in [-0.15, -0.1) is 0 Å². The van der Waals surface area contributed by atoms with Crippen LogP contribution in [0, 0.1) is 5.92 Å². The number of aliphatic hydroxyl groups is 1. The number of aliphatic hydroxyl groups excluding tert-OH is 1. The Kier molecular flexibility index (Phi) is 5.00. The van der Waals surface area contributed by atoms with Crippen molar-refractivity contribution in [2.24, 2.45) is 5.92 Å². The van der Waals surface area contributed by atoms with E-state index in [0.717, 1.165) is 12.0 Å². The van der Waals surface area contributed by atoms with Gasteiger partial charge in [0.25, 0.3) is 0 Å². The summed E-state index contributed by atoms with van der Waals surface area (Å²) in [6.45, 7) is 9.61. The first-order valence-electron chi connectivity index (χ1n) is 6.40. The molecule has 0 radical (unpaired) electrons. The molecule has 0 saturated carbocycles. The van der Waals surface area contributed by atoms with E-state index in [-0.39, 0.29) is 6.61 Å². The van der Waals surface area contributed by atoms with Crippen LogP contribution in [0.4, 0.5) is 0 Å². The smallest absolute Gasteiger partial charge is 0.0642 e. The number of rotatable bonds is 4. The fourth-order valence-electron chi connectivity index (χ4n) is 2.21. The van der Waals surface area contributed by atoms with Crippen LogP contribution in [0.25, 0.3) is 0 Å². The fraction of sp³-hybridized carbons (Fsp3) is 0.714. The van der Waals surface area contributed by atoms with E-state index in [1.807, 2.05) is 0 Å². The monoisotopic (exact) mass is 238 g/mol. The molecular weight excluding hydrogens is 212 g/mol. The Bertz CT molecular complexity index is 284. The van der Waals surface area contributed by atoms with Crippen LogP contribution in [0.1, 0.15) is 26.2 Å². The van der Waals surface area contributed by atoms with E-state index in [0.29, 0.717) is 0 Å². The molecule has 92 valence electrons. The normalized spacial score (nSPS) is 23.2. The van der Waals surface area contributed by atoms with Crippen molar-refractivity contribution in [1.29, 1.82) is 0 Å². The molecule has 0 saturated heterocycles. The maximum atomic E-state index is 9.40. The van der Waals surface area contributed by atoms with Crippen LogP contribution in [0.15, 0.2) is 23.3 Å². The Morgan fingerprint density at radius 2 is 2.19 bits per heavy atom. The minimum Gasteiger partial charge on any atom is -0.392 e. The summed E-state index contributed by atoms with van der Waals surface area (Å²) in [6.07, 6.45) is 8.31. The van der Waals surface area contributed by atoms with Crippen LogP contribution >= 0.6 is 0 Å². The number of hydrogen-bond acceptors (Lipinski definition) is 1. The fourth-order valence-corrected chi connectivity index (χ4v) is 3.79. The molecule has 1 nitrogen and oxygen atoms in total. The molecule has 0 aromatic carbocycles. The number of hydrogen-bond donors (Lipinski definition) is 1. The van der Waals surface area contributed by atoms with E-state index in [4.69, 9.17) is 0 Å². The average Bonchev–Trinajstić information content (AvgIpc) is 2.18. The van der Waals surface area contributed by atoms with E-state index in [9.17, 15) is 5.11 Å². The second-order valence-electron chi connectivity index (χ2n) is 6.36. The van der Waals surface area contributed by atoms with E-state index < -0.39 is 8.07 Å². The standard InChI is InChI=1S/C14H26OSi/c1-12-5-7-13(8-6-12)9-14(10-15)11-16(2,3)4/h7,9,12,15H,5-6,8,10-11H2,1-4H3/b14-9+. The summed E-state index contributed by atoms with van der Waals surface area (Å²) in [5.41, 5.74) is 2.68. The highest BCUT2D eigenvalue weighted by atomic mass is 28.3. The SMILES string of the molecule is CC1CC=C(/C=C(\CO)C[Si](C)(C)C)CC1. The zero-order valence-electron chi connectivity index (χ0n) is 11.2. The van der Waals surface area contributed by atoms with Gasteiger partial charge in [-0.1, -0.05) is 44.3 Å². The third-order valence-electron chi connectivity index (χ3n) is 3.06. The summed E-state index contributed by atoms with van der Waals surface area (Å²) in [7, 11) is -1.09. The minimum absolute atomic E-state index is 0.233. The van der Waals surface area contributed by atoms with Gasteiger partial charge in [0, 0.05) is 8.07 Å². The maximum Gasteiger partial charge on any atom is 0.0642 e. The lowest BCUT2D eigenvalue weighted by molar-refractivity contribution is 0.331. The first-order valence-corrected chi connectivity index (χ1v) is 10.1. The molecule has 0 fully saturated rings.